The number of hydrogen-bond acceptors (Lipinski definition) is 4. The molecule has 0 heterocycles. The molecule has 0 spiro atoms. The van der Waals surface area contributed by atoms with Crippen molar-refractivity contribution in [2.45, 2.75) is 52.9 Å². The van der Waals surface area contributed by atoms with E-state index in [-0.39, 0.29) is 13.0 Å². The maximum Gasteiger partial charge on any atom is 0.331 e. The lowest BCUT2D eigenvalue weighted by Crippen LogP contribution is -2.07. The van der Waals surface area contributed by atoms with Crippen molar-refractivity contribution < 1.29 is 23.5 Å². The van der Waals surface area contributed by atoms with Gasteiger partial charge in [-0.1, -0.05) is 33.6 Å². The van der Waals surface area contributed by atoms with Crippen LogP contribution in [-0.2, 0) is 19.1 Å². The van der Waals surface area contributed by atoms with Gasteiger partial charge in [-0.3, -0.25) is 4.39 Å². The molecule has 122 valence electrons. The zero-order valence-corrected chi connectivity index (χ0v) is 13.3. The molecule has 0 aliphatic heterocycles. The summed E-state index contributed by atoms with van der Waals surface area (Å²) in [4.78, 5) is 22.4. The smallest absolute Gasteiger partial charge is 0.331 e. The fraction of sp³-hybridized carbons (Fsp3) is 0.750. The van der Waals surface area contributed by atoms with E-state index in [2.05, 4.69) is 25.5 Å². The van der Waals surface area contributed by atoms with Gasteiger partial charge in [0.25, 0.3) is 0 Å². The van der Waals surface area contributed by atoms with Crippen LogP contribution in [0, 0.1) is 5.41 Å². The second-order valence-corrected chi connectivity index (χ2v) is 6.08. The number of rotatable bonds is 10. The minimum atomic E-state index is -0.662. The minimum absolute atomic E-state index is 0.0164. The molecule has 0 bridgehead atoms. The van der Waals surface area contributed by atoms with E-state index in [1.807, 2.05) is 0 Å². The summed E-state index contributed by atoms with van der Waals surface area (Å²) in [6.07, 6.45) is 6.28. The summed E-state index contributed by atoms with van der Waals surface area (Å²) in [6.45, 7) is 6.43. The van der Waals surface area contributed by atoms with Gasteiger partial charge < -0.3 is 9.47 Å². The third kappa shape index (κ3) is 14.8. The molecule has 0 aromatic carbocycles. The average Bonchev–Trinajstić information content (AvgIpc) is 2.39. The first-order valence-electron chi connectivity index (χ1n) is 7.43. The summed E-state index contributed by atoms with van der Waals surface area (Å²) in [7, 11) is 0. The predicted molar refractivity (Wildman–Crippen MR) is 79.6 cm³/mol. The third-order valence-electron chi connectivity index (χ3n) is 2.69. The van der Waals surface area contributed by atoms with Gasteiger partial charge in [-0.15, -0.1) is 0 Å². The molecule has 0 saturated carbocycles. The Morgan fingerprint density at radius 3 is 1.90 bits per heavy atom. The van der Waals surface area contributed by atoms with Crippen LogP contribution in [0.25, 0.3) is 0 Å². The van der Waals surface area contributed by atoms with E-state index in [4.69, 9.17) is 4.74 Å². The Hall–Kier alpha value is -1.39. The van der Waals surface area contributed by atoms with Gasteiger partial charge in [0.05, 0.1) is 19.9 Å². The molecule has 21 heavy (non-hydrogen) atoms. The molecule has 0 N–H and O–H groups in total. The molecule has 0 rings (SSSR count). The first kappa shape index (κ1) is 19.6. The van der Waals surface area contributed by atoms with Crippen LogP contribution in [0.2, 0.25) is 0 Å². The van der Waals surface area contributed by atoms with Crippen molar-refractivity contribution in [3.05, 3.63) is 12.2 Å². The highest BCUT2D eigenvalue weighted by Gasteiger charge is 2.08. The molecule has 0 aliphatic carbocycles. The second-order valence-electron chi connectivity index (χ2n) is 6.08. The van der Waals surface area contributed by atoms with Crippen molar-refractivity contribution >= 4 is 11.9 Å². The molecule has 0 unspecified atom stereocenters. The van der Waals surface area contributed by atoms with Crippen LogP contribution in [0.3, 0.4) is 0 Å². The fourth-order valence-electron chi connectivity index (χ4n) is 1.57. The molecule has 0 fully saturated rings. The van der Waals surface area contributed by atoms with Crippen molar-refractivity contribution in [3.63, 3.8) is 0 Å². The number of ether oxygens (including phenoxy) is 2. The third-order valence-corrected chi connectivity index (χ3v) is 2.69. The van der Waals surface area contributed by atoms with Gasteiger partial charge in [0.2, 0.25) is 0 Å². The first-order chi connectivity index (χ1) is 9.85. The van der Waals surface area contributed by atoms with Gasteiger partial charge in [0.1, 0.15) is 0 Å². The Bertz CT molecular complexity index is 332. The Labute approximate surface area is 126 Å². The van der Waals surface area contributed by atoms with Gasteiger partial charge in [-0.25, -0.2) is 9.59 Å². The van der Waals surface area contributed by atoms with Crippen molar-refractivity contribution in [1.82, 2.24) is 0 Å². The summed E-state index contributed by atoms with van der Waals surface area (Å²) in [5.74, 6) is -1.22. The van der Waals surface area contributed by atoms with E-state index >= 15 is 0 Å². The van der Waals surface area contributed by atoms with E-state index < -0.39 is 18.6 Å². The first-order valence-corrected chi connectivity index (χ1v) is 7.43. The Balaban J connectivity index is 3.59. The molecule has 4 nitrogen and oxygen atoms in total. The van der Waals surface area contributed by atoms with E-state index in [9.17, 15) is 14.0 Å². The number of alkyl halides is 1. The lowest BCUT2D eigenvalue weighted by molar-refractivity contribution is -0.140. The number of hydrogen-bond donors (Lipinski definition) is 0. The molecule has 0 aliphatic rings. The summed E-state index contributed by atoms with van der Waals surface area (Å²) in [5, 5.41) is 0. The number of unbranched alkanes of at least 4 members (excludes halogenated alkanes) is 2. The highest BCUT2D eigenvalue weighted by Crippen LogP contribution is 2.21. The van der Waals surface area contributed by atoms with Crippen LogP contribution in [0.4, 0.5) is 4.39 Å². The van der Waals surface area contributed by atoms with Crippen LogP contribution < -0.4 is 0 Å². The Kier molecular flexibility index (Phi) is 10.5. The van der Waals surface area contributed by atoms with Gasteiger partial charge >= 0.3 is 11.9 Å². The van der Waals surface area contributed by atoms with Gasteiger partial charge in [-0.05, 0) is 18.3 Å². The SMILES string of the molecule is CC(C)(C)CCCCCOC(=O)/C=C/C(=O)OCCCF. The van der Waals surface area contributed by atoms with E-state index in [1.54, 1.807) is 0 Å². The lowest BCUT2D eigenvalue weighted by atomic mass is 9.89. The molecule has 0 aromatic heterocycles. The summed E-state index contributed by atoms with van der Waals surface area (Å²) in [6, 6.07) is 0. The average molecular weight is 302 g/mol. The van der Waals surface area contributed by atoms with Crippen molar-refractivity contribution in [2.24, 2.45) is 5.41 Å². The van der Waals surface area contributed by atoms with E-state index in [1.165, 1.54) is 0 Å². The monoisotopic (exact) mass is 302 g/mol. The van der Waals surface area contributed by atoms with Crippen LogP contribution in [0.5, 0.6) is 0 Å². The summed E-state index contributed by atoms with van der Waals surface area (Å²) < 4.78 is 21.4. The molecule has 0 aromatic rings. The normalized spacial score (nSPS) is 11.6. The van der Waals surface area contributed by atoms with Crippen LogP contribution in [0.1, 0.15) is 52.9 Å². The Morgan fingerprint density at radius 1 is 0.905 bits per heavy atom. The molecule has 0 atom stereocenters. The second kappa shape index (κ2) is 11.3. The highest BCUT2D eigenvalue weighted by atomic mass is 19.1. The van der Waals surface area contributed by atoms with Gasteiger partial charge in [0.15, 0.2) is 0 Å². The molecule has 0 amide bonds. The minimum Gasteiger partial charge on any atom is -0.463 e. The molecular formula is C16H27FO4. The van der Waals surface area contributed by atoms with Crippen LogP contribution >= 0.6 is 0 Å². The zero-order valence-electron chi connectivity index (χ0n) is 13.3. The number of carbonyl (C=O) groups excluding carboxylic acids is 2. The molecule has 5 heteroatoms. The molecular weight excluding hydrogens is 275 g/mol. The van der Waals surface area contributed by atoms with E-state index in [0.717, 1.165) is 37.8 Å². The zero-order chi connectivity index (χ0) is 16.1. The molecule has 0 radical (unpaired) electrons. The van der Waals surface area contributed by atoms with E-state index in [0.29, 0.717) is 12.0 Å². The highest BCUT2D eigenvalue weighted by molar-refractivity contribution is 5.91. The summed E-state index contributed by atoms with van der Waals surface area (Å²) >= 11 is 0. The van der Waals surface area contributed by atoms with Gasteiger partial charge in [0, 0.05) is 18.6 Å². The Morgan fingerprint density at radius 2 is 1.43 bits per heavy atom. The lowest BCUT2D eigenvalue weighted by Gasteiger charge is -2.17. The topological polar surface area (TPSA) is 52.6 Å². The largest absolute Gasteiger partial charge is 0.463 e. The van der Waals surface area contributed by atoms with Crippen molar-refractivity contribution in [2.75, 3.05) is 19.9 Å². The van der Waals surface area contributed by atoms with Crippen molar-refractivity contribution in [3.8, 4) is 0 Å². The fourth-order valence-corrected chi connectivity index (χ4v) is 1.57. The van der Waals surface area contributed by atoms with Gasteiger partial charge in [-0.2, -0.15) is 0 Å². The van der Waals surface area contributed by atoms with Crippen LogP contribution in [0.15, 0.2) is 12.2 Å². The van der Waals surface area contributed by atoms with Crippen molar-refractivity contribution in [1.29, 1.82) is 0 Å². The maximum absolute atomic E-state index is 11.8. The number of halogens is 1. The predicted octanol–water partition coefficient (Wildman–Crippen LogP) is 3.60. The quantitative estimate of drug-likeness (QED) is 0.351. The molecule has 0 saturated heterocycles. The maximum atomic E-state index is 11.8. The summed E-state index contributed by atoms with van der Waals surface area (Å²) in [5.41, 5.74) is 0.335. The number of carbonyl (C=O) groups is 2. The standard InChI is InChI=1S/C16H27FO4/c1-16(2,3)10-5-4-6-12-20-14(18)8-9-15(19)21-13-7-11-17/h8-9H,4-7,10-13H2,1-3H3/b9-8+. The number of esters is 2. The van der Waals surface area contributed by atoms with Crippen LogP contribution in [-0.4, -0.2) is 31.8 Å².